The second-order valence-electron chi connectivity index (χ2n) is 6.79. The smallest absolute Gasteiger partial charge is 0.331 e. The summed E-state index contributed by atoms with van der Waals surface area (Å²) in [6, 6.07) is -1.78. The van der Waals surface area contributed by atoms with Crippen molar-refractivity contribution in [3.05, 3.63) is 0 Å². The standard InChI is InChI=1S/C14H21N3O4/c1-8(9(18)16-13(2,3)4)17-11(20)14(6-5-7-14)10(19)15-12(17)21/h8H,5-7H2,1-4H3,(H,16,18)(H,15,19,21). The van der Waals surface area contributed by atoms with Gasteiger partial charge in [-0.2, -0.15) is 0 Å². The van der Waals surface area contributed by atoms with Gasteiger partial charge in [0.1, 0.15) is 11.5 Å². The Morgan fingerprint density at radius 2 is 1.86 bits per heavy atom. The van der Waals surface area contributed by atoms with Gasteiger partial charge in [-0.3, -0.25) is 24.6 Å². The summed E-state index contributed by atoms with van der Waals surface area (Å²) in [4.78, 5) is 49.4. The molecule has 1 aliphatic heterocycles. The molecule has 1 spiro atoms. The highest BCUT2D eigenvalue weighted by Crippen LogP contribution is 2.44. The van der Waals surface area contributed by atoms with Gasteiger partial charge in [0.15, 0.2) is 0 Å². The number of carbonyl (C=O) groups is 4. The number of barbiturate groups is 1. The first-order valence-electron chi connectivity index (χ1n) is 7.10. The molecule has 7 heteroatoms. The minimum absolute atomic E-state index is 0.421. The predicted octanol–water partition coefficient (Wildman–Crippen LogP) is 0.538. The lowest BCUT2D eigenvalue weighted by Gasteiger charge is -2.45. The normalized spacial score (nSPS) is 22.7. The lowest BCUT2D eigenvalue weighted by atomic mass is 9.66. The Morgan fingerprint density at radius 3 is 2.29 bits per heavy atom. The van der Waals surface area contributed by atoms with E-state index in [1.807, 2.05) is 20.8 Å². The fraction of sp³-hybridized carbons (Fsp3) is 0.714. The number of nitrogens with one attached hydrogen (secondary N) is 2. The van der Waals surface area contributed by atoms with E-state index in [2.05, 4.69) is 10.6 Å². The highest BCUT2D eigenvalue weighted by atomic mass is 16.2. The minimum Gasteiger partial charge on any atom is -0.350 e. The van der Waals surface area contributed by atoms with Crippen molar-refractivity contribution in [1.29, 1.82) is 0 Å². The van der Waals surface area contributed by atoms with Gasteiger partial charge >= 0.3 is 6.03 Å². The Balaban J connectivity index is 2.21. The van der Waals surface area contributed by atoms with E-state index in [9.17, 15) is 19.2 Å². The molecule has 0 bridgehead atoms. The van der Waals surface area contributed by atoms with Crippen LogP contribution in [0.5, 0.6) is 0 Å². The molecule has 2 rings (SSSR count). The molecule has 0 aromatic heterocycles. The molecule has 0 radical (unpaired) electrons. The van der Waals surface area contributed by atoms with E-state index in [-0.39, 0.29) is 0 Å². The number of nitrogens with zero attached hydrogens (tertiary/aromatic N) is 1. The van der Waals surface area contributed by atoms with Crippen LogP contribution in [0.25, 0.3) is 0 Å². The van der Waals surface area contributed by atoms with Crippen LogP contribution in [0.3, 0.4) is 0 Å². The van der Waals surface area contributed by atoms with Gasteiger partial charge in [0, 0.05) is 5.54 Å². The van der Waals surface area contributed by atoms with Crippen LogP contribution in [-0.4, -0.2) is 40.2 Å². The van der Waals surface area contributed by atoms with E-state index in [1.54, 1.807) is 0 Å². The van der Waals surface area contributed by atoms with Gasteiger partial charge in [-0.15, -0.1) is 0 Å². The maximum atomic E-state index is 12.5. The number of rotatable bonds is 2. The van der Waals surface area contributed by atoms with Crippen molar-refractivity contribution >= 4 is 23.8 Å². The van der Waals surface area contributed by atoms with Crippen LogP contribution in [0.2, 0.25) is 0 Å². The molecule has 116 valence electrons. The van der Waals surface area contributed by atoms with Crippen molar-refractivity contribution in [2.24, 2.45) is 5.41 Å². The van der Waals surface area contributed by atoms with E-state index in [0.29, 0.717) is 12.8 Å². The van der Waals surface area contributed by atoms with Crippen molar-refractivity contribution in [3.63, 3.8) is 0 Å². The van der Waals surface area contributed by atoms with Crippen molar-refractivity contribution in [1.82, 2.24) is 15.5 Å². The van der Waals surface area contributed by atoms with Crippen molar-refractivity contribution < 1.29 is 19.2 Å². The summed E-state index contributed by atoms with van der Waals surface area (Å²) in [6.07, 6.45) is 1.62. The third-order valence-electron chi connectivity index (χ3n) is 3.97. The van der Waals surface area contributed by atoms with Gasteiger partial charge < -0.3 is 5.32 Å². The Kier molecular flexibility index (Phi) is 3.55. The molecule has 1 aliphatic carbocycles. The Labute approximate surface area is 123 Å². The maximum absolute atomic E-state index is 12.5. The zero-order valence-corrected chi connectivity index (χ0v) is 12.8. The van der Waals surface area contributed by atoms with Gasteiger partial charge in [-0.05, 0) is 40.5 Å². The van der Waals surface area contributed by atoms with Crippen LogP contribution in [-0.2, 0) is 14.4 Å². The first-order chi connectivity index (χ1) is 9.58. The SMILES string of the molecule is CC(C(=O)NC(C)(C)C)N1C(=O)NC(=O)C2(CCC2)C1=O. The fourth-order valence-electron chi connectivity index (χ4n) is 2.61. The summed E-state index contributed by atoms with van der Waals surface area (Å²) in [7, 11) is 0. The molecule has 5 amide bonds. The molecule has 0 aromatic carbocycles. The van der Waals surface area contributed by atoms with Gasteiger partial charge in [0.25, 0.3) is 0 Å². The Morgan fingerprint density at radius 1 is 1.29 bits per heavy atom. The highest BCUT2D eigenvalue weighted by Gasteiger charge is 2.58. The molecule has 1 saturated heterocycles. The Bertz CT molecular complexity index is 517. The van der Waals surface area contributed by atoms with Crippen molar-refractivity contribution in [3.8, 4) is 0 Å². The number of carbonyl (C=O) groups excluding carboxylic acids is 4. The molecule has 7 nitrogen and oxygen atoms in total. The van der Waals surface area contributed by atoms with Crippen molar-refractivity contribution in [2.75, 3.05) is 0 Å². The number of amides is 5. The average Bonchev–Trinajstić information content (AvgIpc) is 2.23. The monoisotopic (exact) mass is 295 g/mol. The van der Waals surface area contributed by atoms with Gasteiger partial charge in [0.05, 0.1) is 0 Å². The van der Waals surface area contributed by atoms with Gasteiger partial charge in [0.2, 0.25) is 17.7 Å². The van der Waals surface area contributed by atoms with Crippen LogP contribution >= 0.6 is 0 Å². The van der Waals surface area contributed by atoms with E-state index in [4.69, 9.17) is 0 Å². The minimum atomic E-state index is -1.15. The van der Waals surface area contributed by atoms with Crippen LogP contribution in [0.4, 0.5) is 4.79 Å². The topological polar surface area (TPSA) is 95.6 Å². The molecular formula is C14H21N3O4. The van der Waals surface area contributed by atoms with Gasteiger partial charge in [-0.1, -0.05) is 6.42 Å². The second kappa shape index (κ2) is 4.82. The number of hydrogen-bond acceptors (Lipinski definition) is 4. The van der Waals surface area contributed by atoms with Crippen LogP contribution in [0.15, 0.2) is 0 Å². The molecule has 1 heterocycles. The third kappa shape index (κ3) is 2.52. The quantitative estimate of drug-likeness (QED) is 0.727. The summed E-state index contributed by atoms with van der Waals surface area (Å²) in [5.41, 5.74) is -1.62. The number of hydrogen-bond donors (Lipinski definition) is 2. The van der Waals surface area contributed by atoms with Crippen LogP contribution in [0, 0.1) is 5.41 Å². The van der Waals surface area contributed by atoms with Crippen molar-refractivity contribution in [2.45, 2.75) is 58.5 Å². The summed E-state index contributed by atoms with van der Waals surface area (Å²) >= 11 is 0. The predicted molar refractivity (Wildman–Crippen MR) is 74.0 cm³/mol. The second-order valence-corrected chi connectivity index (χ2v) is 6.79. The molecule has 2 N–H and O–H groups in total. The zero-order valence-electron chi connectivity index (χ0n) is 12.8. The first-order valence-corrected chi connectivity index (χ1v) is 7.10. The molecular weight excluding hydrogens is 274 g/mol. The molecule has 0 aromatic rings. The number of imide groups is 2. The largest absolute Gasteiger partial charge is 0.350 e. The molecule has 2 aliphatic rings. The molecule has 1 atom stereocenters. The summed E-state index contributed by atoms with van der Waals surface area (Å²) < 4.78 is 0. The van der Waals surface area contributed by atoms with E-state index >= 15 is 0 Å². The molecule has 21 heavy (non-hydrogen) atoms. The molecule has 2 fully saturated rings. The van der Waals surface area contributed by atoms with E-state index in [0.717, 1.165) is 11.3 Å². The molecule has 1 unspecified atom stereocenters. The lowest BCUT2D eigenvalue weighted by molar-refractivity contribution is -0.160. The average molecular weight is 295 g/mol. The Hall–Kier alpha value is -1.92. The van der Waals surface area contributed by atoms with E-state index in [1.165, 1.54) is 6.92 Å². The maximum Gasteiger partial charge on any atom is 0.331 e. The summed E-state index contributed by atoms with van der Waals surface area (Å²) in [5.74, 6) is -1.52. The van der Waals surface area contributed by atoms with Crippen LogP contribution in [0.1, 0.15) is 47.0 Å². The fourth-order valence-corrected chi connectivity index (χ4v) is 2.61. The third-order valence-corrected chi connectivity index (χ3v) is 3.97. The summed E-state index contributed by atoms with van der Waals surface area (Å²) in [6.45, 7) is 6.92. The molecule has 1 saturated carbocycles. The van der Waals surface area contributed by atoms with Crippen LogP contribution < -0.4 is 10.6 Å². The number of urea groups is 1. The van der Waals surface area contributed by atoms with E-state index < -0.39 is 40.7 Å². The zero-order chi connectivity index (χ0) is 16.0. The first kappa shape index (κ1) is 15.5. The highest BCUT2D eigenvalue weighted by molar-refractivity contribution is 6.20. The van der Waals surface area contributed by atoms with Gasteiger partial charge in [-0.25, -0.2) is 4.79 Å². The summed E-state index contributed by atoms with van der Waals surface area (Å²) in [5, 5.41) is 4.93. The lowest BCUT2D eigenvalue weighted by Crippen LogP contribution is -2.69.